The summed E-state index contributed by atoms with van der Waals surface area (Å²) in [5, 5.41) is 5.22. The number of hydrogen-bond donors (Lipinski definition) is 1. The average molecular weight is 398 g/mol. The molecule has 3 aromatic carbocycles. The minimum Gasteiger partial charge on any atom is -0.365 e. The van der Waals surface area contributed by atoms with E-state index in [1.54, 1.807) is 0 Å². The molecule has 0 amide bonds. The van der Waals surface area contributed by atoms with Crippen LogP contribution >= 0.6 is 8.58 Å². The predicted molar refractivity (Wildman–Crippen MR) is 127 cm³/mol. The monoisotopic (exact) mass is 398 g/mol. The van der Waals surface area contributed by atoms with Crippen LogP contribution in [0.1, 0.15) is 40.9 Å². The van der Waals surface area contributed by atoms with E-state index in [9.17, 15) is 0 Å². The zero-order valence-electron chi connectivity index (χ0n) is 17.5. The van der Waals surface area contributed by atoms with Gasteiger partial charge in [0, 0.05) is 22.9 Å². The van der Waals surface area contributed by atoms with Crippen molar-refractivity contribution in [1.29, 1.82) is 0 Å². The number of nitrogens with zero attached hydrogens (tertiary/aromatic N) is 1. The van der Waals surface area contributed by atoms with Crippen LogP contribution in [0, 0.1) is 20.8 Å². The molecule has 5 rings (SSSR count). The number of rotatable bonds is 3. The largest absolute Gasteiger partial charge is 0.365 e. The van der Waals surface area contributed by atoms with E-state index in [-0.39, 0.29) is 6.17 Å². The summed E-state index contributed by atoms with van der Waals surface area (Å²) in [5.74, 6) is 0. The number of fused-ring (bicyclic) bond motifs is 6. The molecule has 146 valence electrons. The zero-order valence-corrected chi connectivity index (χ0v) is 18.5. The lowest BCUT2D eigenvalue weighted by Crippen LogP contribution is -2.35. The van der Waals surface area contributed by atoms with Gasteiger partial charge in [-0.1, -0.05) is 63.5 Å². The highest BCUT2D eigenvalue weighted by Gasteiger charge is 2.38. The van der Waals surface area contributed by atoms with Gasteiger partial charge in [-0.3, -0.25) is 0 Å². The van der Waals surface area contributed by atoms with Crippen LogP contribution in [0.25, 0.3) is 16.8 Å². The third-order valence-corrected chi connectivity index (χ3v) is 7.25. The first-order valence-corrected chi connectivity index (χ1v) is 11.6. The van der Waals surface area contributed by atoms with Crippen LogP contribution in [0.5, 0.6) is 0 Å². The minimum absolute atomic E-state index is 0.157. The van der Waals surface area contributed by atoms with Crippen molar-refractivity contribution in [2.45, 2.75) is 33.9 Å². The zero-order chi connectivity index (χ0) is 20.1. The molecule has 2 nitrogen and oxygen atoms in total. The molecular formula is C26H27N2P. The Balaban J connectivity index is 1.76. The standard InChI is InChI=1S/C26H27N2P/c1-5-29-23-11-7-10-19-20-14-16(2)12-13-21(20)28-22(15-27-26(28)25(19)23)24-17(3)8-6-9-18(24)4/h6-15,26-27,29H,5H2,1-4H3. The first-order chi connectivity index (χ1) is 14.1. The summed E-state index contributed by atoms with van der Waals surface area (Å²) in [5.41, 5.74) is 12.0. The third kappa shape index (κ3) is 2.81. The molecule has 0 saturated carbocycles. The SMILES string of the molecule is CCPc1cccc2c1C1NC=C(c3c(C)cccc3C)N1c1ccc(C)cc1-2. The highest BCUT2D eigenvalue weighted by Crippen LogP contribution is 2.50. The summed E-state index contributed by atoms with van der Waals surface area (Å²) in [6.07, 6.45) is 3.57. The maximum Gasteiger partial charge on any atom is 0.131 e. The maximum absolute atomic E-state index is 3.74. The molecule has 0 fully saturated rings. The fourth-order valence-corrected chi connectivity index (χ4v) is 5.91. The second-order valence-electron chi connectivity index (χ2n) is 8.05. The van der Waals surface area contributed by atoms with E-state index in [0.29, 0.717) is 0 Å². The van der Waals surface area contributed by atoms with Gasteiger partial charge in [0.25, 0.3) is 0 Å². The molecule has 2 aliphatic rings. The van der Waals surface area contributed by atoms with Crippen LogP contribution in [0.2, 0.25) is 0 Å². The summed E-state index contributed by atoms with van der Waals surface area (Å²) in [6.45, 7) is 8.90. The normalized spacial score (nSPS) is 17.0. The van der Waals surface area contributed by atoms with Gasteiger partial charge in [-0.05, 0) is 61.1 Å². The number of aryl methyl sites for hydroxylation is 3. The van der Waals surface area contributed by atoms with E-state index < -0.39 is 0 Å². The Labute approximate surface area is 175 Å². The molecule has 0 bridgehead atoms. The van der Waals surface area contributed by atoms with Crippen molar-refractivity contribution in [3.63, 3.8) is 0 Å². The van der Waals surface area contributed by atoms with Crippen molar-refractivity contribution in [3.8, 4) is 11.1 Å². The lowest BCUT2D eigenvalue weighted by atomic mass is 9.89. The van der Waals surface area contributed by atoms with E-state index in [0.717, 1.165) is 8.58 Å². The van der Waals surface area contributed by atoms with Crippen molar-refractivity contribution in [1.82, 2.24) is 5.32 Å². The van der Waals surface area contributed by atoms with E-state index in [1.807, 2.05) is 0 Å². The van der Waals surface area contributed by atoms with E-state index in [4.69, 9.17) is 0 Å². The molecule has 1 N–H and O–H groups in total. The Kier molecular flexibility index (Phi) is 4.48. The van der Waals surface area contributed by atoms with Gasteiger partial charge in [0.05, 0.1) is 11.4 Å². The topological polar surface area (TPSA) is 15.3 Å². The molecule has 29 heavy (non-hydrogen) atoms. The summed E-state index contributed by atoms with van der Waals surface area (Å²) in [7, 11) is 0.831. The molecule has 0 aliphatic carbocycles. The summed E-state index contributed by atoms with van der Waals surface area (Å²) in [6, 6.07) is 20.3. The third-order valence-electron chi connectivity index (χ3n) is 6.08. The Morgan fingerprint density at radius 2 is 1.69 bits per heavy atom. The lowest BCUT2D eigenvalue weighted by molar-refractivity contribution is 0.670. The molecule has 2 aliphatic heterocycles. The molecule has 0 radical (unpaired) electrons. The van der Waals surface area contributed by atoms with E-state index >= 15 is 0 Å². The van der Waals surface area contributed by atoms with Crippen LogP contribution in [0.4, 0.5) is 5.69 Å². The molecular weight excluding hydrogens is 371 g/mol. The van der Waals surface area contributed by atoms with Crippen LogP contribution < -0.4 is 15.5 Å². The van der Waals surface area contributed by atoms with Gasteiger partial charge in [-0.2, -0.15) is 0 Å². The summed E-state index contributed by atoms with van der Waals surface area (Å²) >= 11 is 0. The Hall–Kier alpha value is -2.57. The van der Waals surface area contributed by atoms with Crippen LogP contribution in [0.15, 0.2) is 60.8 Å². The van der Waals surface area contributed by atoms with Gasteiger partial charge >= 0.3 is 0 Å². The highest BCUT2D eigenvalue weighted by molar-refractivity contribution is 7.47. The van der Waals surface area contributed by atoms with Crippen molar-refractivity contribution in [2.24, 2.45) is 0 Å². The van der Waals surface area contributed by atoms with Crippen molar-refractivity contribution < 1.29 is 0 Å². The Morgan fingerprint density at radius 1 is 0.931 bits per heavy atom. The summed E-state index contributed by atoms with van der Waals surface area (Å²) < 4.78 is 0. The fraction of sp³-hybridized carbons (Fsp3) is 0.231. The maximum atomic E-state index is 3.74. The van der Waals surface area contributed by atoms with Gasteiger partial charge in [0.15, 0.2) is 0 Å². The van der Waals surface area contributed by atoms with Gasteiger partial charge in [-0.25, -0.2) is 0 Å². The highest BCUT2D eigenvalue weighted by atomic mass is 31.1. The first-order valence-electron chi connectivity index (χ1n) is 10.4. The fourth-order valence-electron chi connectivity index (χ4n) is 4.85. The Bertz CT molecular complexity index is 1130. The van der Waals surface area contributed by atoms with Gasteiger partial charge in [-0.15, -0.1) is 0 Å². The molecule has 3 heteroatoms. The van der Waals surface area contributed by atoms with Crippen LogP contribution in [-0.2, 0) is 0 Å². The van der Waals surface area contributed by atoms with E-state index in [2.05, 4.69) is 98.7 Å². The quantitative estimate of drug-likeness (QED) is 0.543. The molecule has 2 unspecified atom stereocenters. The average Bonchev–Trinajstić information content (AvgIpc) is 3.13. The van der Waals surface area contributed by atoms with Crippen molar-refractivity contribution >= 4 is 25.3 Å². The van der Waals surface area contributed by atoms with Crippen molar-refractivity contribution in [2.75, 3.05) is 11.1 Å². The van der Waals surface area contributed by atoms with Gasteiger partial charge in [0.1, 0.15) is 6.17 Å². The smallest absolute Gasteiger partial charge is 0.131 e. The van der Waals surface area contributed by atoms with Crippen LogP contribution in [-0.4, -0.2) is 6.16 Å². The predicted octanol–water partition coefficient (Wildman–Crippen LogP) is 6.02. The summed E-state index contributed by atoms with van der Waals surface area (Å²) in [4.78, 5) is 2.52. The second-order valence-corrected chi connectivity index (χ2v) is 9.65. The number of benzene rings is 3. The number of hydrogen-bond acceptors (Lipinski definition) is 2. The first kappa shape index (κ1) is 18.5. The molecule has 3 aromatic rings. The lowest BCUT2D eigenvalue weighted by Gasteiger charge is -2.38. The molecule has 2 heterocycles. The van der Waals surface area contributed by atoms with Gasteiger partial charge < -0.3 is 10.2 Å². The van der Waals surface area contributed by atoms with E-state index in [1.165, 1.54) is 61.8 Å². The van der Waals surface area contributed by atoms with Gasteiger partial charge in [0.2, 0.25) is 0 Å². The molecule has 0 saturated heterocycles. The van der Waals surface area contributed by atoms with Crippen molar-refractivity contribution in [3.05, 3.63) is 88.6 Å². The Morgan fingerprint density at radius 3 is 2.45 bits per heavy atom. The molecule has 0 aromatic heterocycles. The molecule has 2 atom stereocenters. The minimum atomic E-state index is 0.157. The number of nitrogens with one attached hydrogen (secondary N) is 1. The molecule has 0 spiro atoms. The van der Waals surface area contributed by atoms with Crippen LogP contribution in [0.3, 0.4) is 0 Å². The number of anilines is 1. The second kappa shape index (κ2) is 7.04.